The molecule has 1 aliphatic carbocycles. The zero-order valence-corrected chi connectivity index (χ0v) is 43.4. The quantitative estimate of drug-likeness (QED) is 0.117. The predicted octanol–water partition coefficient (Wildman–Crippen LogP) is 18.8. The summed E-state index contributed by atoms with van der Waals surface area (Å²) in [6, 6.07) is 90.0. The molecule has 75 heavy (non-hydrogen) atoms. The van der Waals surface area contributed by atoms with Crippen LogP contribution in [0.4, 0.5) is 34.1 Å². The largest absolute Gasteiger partial charge is 0.454 e. The Morgan fingerprint density at radius 2 is 0.907 bits per heavy atom. The Morgan fingerprint density at radius 1 is 0.347 bits per heavy atom. The number of hydrogen-bond acceptors (Lipinski definition) is 3. The molecule has 4 heteroatoms. The van der Waals surface area contributed by atoms with E-state index in [1.807, 2.05) is 6.07 Å². The lowest BCUT2D eigenvalue weighted by molar-refractivity contribution is 0.660. The van der Waals surface area contributed by atoms with Crippen molar-refractivity contribution in [2.75, 3.05) is 9.80 Å². The van der Waals surface area contributed by atoms with Crippen LogP contribution in [0.1, 0.15) is 25.0 Å². The molecule has 0 atom stereocenters. The molecular weight excluding hydrogens is 925 g/mol. The summed E-state index contributed by atoms with van der Waals surface area (Å²) in [5.74, 6) is 0. The molecule has 0 amide bonds. The van der Waals surface area contributed by atoms with Gasteiger partial charge in [0, 0.05) is 44.6 Å². The van der Waals surface area contributed by atoms with Crippen molar-refractivity contribution in [2.45, 2.75) is 32.4 Å². The van der Waals surface area contributed by atoms with Gasteiger partial charge < -0.3 is 14.2 Å². The van der Waals surface area contributed by atoms with Crippen LogP contribution < -0.4 is 20.2 Å². The summed E-state index contributed by atoms with van der Waals surface area (Å²) < 4.78 is 6.62. The van der Waals surface area contributed by atoms with Crippen LogP contribution >= 0.6 is 0 Å². The van der Waals surface area contributed by atoms with E-state index in [2.05, 4.69) is 273 Å². The van der Waals surface area contributed by atoms with Gasteiger partial charge in [-0.3, -0.25) is 0 Å². The molecule has 15 rings (SSSR count). The fourth-order valence-corrected chi connectivity index (χ4v) is 16.3. The average molecular weight is 977 g/mol. The second-order valence-corrected chi connectivity index (χ2v) is 25.9. The molecule has 2 heterocycles. The summed E-state index contributed by atoms with van der Waals surface area (Å²) in [6.07, 6.45) is 0. The summed E-state index contributed by atoms with van der Waals surface area (Å²) in [5, 5.41) is 13.0. The number of furan rings is 1. The van der Waals surface area contributed by atoms with Crippen LogP contribution in [-0.4, -0.2) is 8.07 Å². The highest BCUT2D eigenvalue weighted by molar-refractivity contribution is 7.03. The SMILES string of the molecule is CC1(C)c2ccccc2-c2ccc(N(c3ccccc3)c3ccc4c(c3)[Si](C)(C)c3cccc5c3c-4cc3c4ccccc4c(-c4ccc(N(c6ccccc6)c6cccc7c6oc6ccccc67)cc4)cc53)cc21. The van der Waals surface area contributed by atoms with Gasteiger partial charge in [-0.1, -0.05) is 185 Å². The Morgan fingerprint density at radius 3 is 1.69 bits per heavy atom. The van der Waals surface area contributed by atoms with Gasteiger partial charge >= 0.3 is 0 Å². The van der Waals surface area contributed by atoms with Crippen molar-refractivity contribution < 1.29 is 4.42 Å². The smallest absolute Gasteiger partial charge is 0.159 e. The Balaban J connectivity index is 0.869. The van der Waals surface area contributed by atoms with Crippen LogP contribution in [0.3, 0.4) is 0 Å². The van der Waals surface area contributed by atoms with E-state index in [0.717, 1.165) is 44.7 Å². The monoisotopic (exact) mass is 976 g/mol. The lowest BCUT2D eigenvalue weighted by atomic mass is 9.82. The molecule has 0 fully saturated rings. The first-order valence-electron chi connectivity index (χ1n) is 26.2. The average Bonchev–Trinajstić information content (AvgIpc) is 3.98. The molecule has 0 radical (unpaired) electrons. The zero-order chi connectivity index (χ0) is 50.2. The number of fused-ring (bicyclic) bond motifs is 12. The molecule has 356 valence electrons. The molecule has 0 spiro atoms. The van der Waals surface area contributed by atoms with E-state index >= 15 is 0 Å². The van der Waals surface area contributed by atoms with E-state index in [1.54, 1.807) is 0 Å². The third kappa shape index (κ3) is 6.46. The number of para-hydroxylation sites is 4. The fourth-order valence-electron chi connectivity index (χ4n) is 13.2. The van der Waals surface area contributed by atoms with Crippen molar-refractivity contribution >= 4 is 107 Å². The second kappa shape index (κ2) is 16.3. The number of hydrogen-bond donors (Lipinski definition) is 0. The number of benzene rings is 12. The molecule has 0 unspecified atom stereocenters. The topological polar surface area (TPSA) is 19.6 Å². The van der Waals surface area contributed by atoms with Gasteiger partial charge in [0.1, 0.15) is 13.7 Å². The maximum atomic E-state index is 6.62. The maximum absolute atomic E-state index is 6.62. The van der Waals surface area contributed by atoms with Crippen molar-refractivity contribution in [3.05, 3.63) is 254 Å². The van der Waals surface area contributed by atoms with Crippen LogP contribution in [0.25, 0.3) is 87.6 Å². The Labute approximate surface area is 438 Å². The van der Waals surface area contributed by atoms with Gasteiger partial charge in [0.15, 0.2) is 5.58 Å². The van der Waals surface area contributed by atoms with Crippen molar-refractivity contribution in [1.82, 2.24) is 0 Å². The van der Waals surface area contributed by atoms with E-state index in [9.17, 15) is 0 Å². The normalized spacial score (nSPS) is 13.8. The van der Waals surface area contributed by atoms with Crippen LogP contribution in [-0.2, 0) is 5.41 Å². The van der Waals surface area contributed by atoms with Gasteiger partial charge in [0.25, 0.3) is 0 Å². The first-order chi connectivity index (χ1) is 36.7. The third-order valence-electron chi connectivity index (χ3n) is 16.8. The molecule has 0 bridgehead atoms. The van der Waals surface area contributed by atoms with E-state index in [1.165, 1.54) is 98.6 Å². The Bertz CT molecular complexity index is 4480. The van der Waals surface area contributed by atoms with Gasteiger partial charge in [0.2, 0.25) is 0 Å². The molecule has 2 aliphatic rings. The molecule has 1 aliphatic heterocycles. The first kappa shape index (κ1) is 43.6. The molecule has 1 aromatic heterocycles. The molecular formula is C71H52N2OSi. The van der Waals surface area contributed by atoms with E-state index in [4.69, 9.17) is 4.42 Å². The highest BCUT2D eigenvalue weighted by Gasteiger charge is 2.38. The number of nitrogens with zero attached hydrogens (tertiary/aromatic N) is 2. The lowest BCUT2D eigenvalue weighted by Crippen LogP contribution is -2.56. The van der Waals surface area contributed by atoms with Crippen molar-refractivity contribution in [3.63, 3.8) is 0 Å². The minimum absolute atomic E-state index is 0.103. The molecule has 0 saturated heterocycles. The molecule has 12 aromatic carbocycles. The van der Waals surface area contributed by atoms with Crippen molar-refractivity contribution in [3.8, 4) is 33.4 Å². The van der Waals surface area contributed by atoms with Crippen LogP contribution in [0.2, 0.25) is 13.1 Å². The Hall–Kier alpha value is -8.96. The molecule has 0 saturated carbocycles. The first-order valence-corrected chi connectivity index (χ1v) is 29.2. The third-order valence-corrected chi connectivity index (χ3v) is 20.3. The standard InChI is InChI=1S/C71H52N2OSi/c1-71(2)63-29-15-13-25-53(63)54-39-37-49(41-64(54)71)72(46-19-7-5-8-20-46)50-38-40-56-62-44-60-52-24-12-11-23-51(52)59(43-61(60)57-27-18-32-67(69(57)62)75(3,4)68(56)42-50)45-33-35-48(36-34-45)73(47-21-9-6-10-22-47)65-30-17-28-58-55-26-14-16-31-66(55)74-70(58)65/h5-44H,1-4H3. The summed E-state index contributed by atoms with van der Waals surface area (Å²) in [5.41, 5.74) is 18.8. The fraction of sp³-hybridized carbons (Fsp3) is 0.0704. The zero-order valence-electron chi connectivity index (χ0n) is 42.4. The van der Waals surface area contributed by atoms with Crippen LogP contribution in [0.15, 0.2) is 247 Å². The van der Waals surface area contributed by atoms with Gasteiger partial charge in [-0.25, -0.2) is 0 Å². The molecule has 0 N–H and O–H groups in total. The summed E-state index contributed by atoms with van der Waals surface area (Å²) in [4.78, 5) is 4.79. The van der Waals surface area contributed by atoms with E-state index in [0.29, 0.717) is 0 Å². The van der Waals surface area contributed by atoms with Gasteiger partial charge in [-0.05, 0) is 172 Å². The van der Waals surface area contributed by atoms with Gasteiger partial charge in [-0.2, -0.15) is 0 Å². The van der Waals surface area contributed by atoms with Crippen LogP contribution in [0, 0.1) is 0 Å². The second-order valence-electron chi connectivity index (χ2n) is 21.6. The Kier molecular flexibility index (Phi) is 9.46. The van der Waals surface area contributed by atoms with Gasteiger partial charge in [-0.15, -0.1) is 0 Å². The maximum Gasteiger partial charge on any atom is 0.159 e. The van der Waals surface area contributed by atoms with E-state index in [-0.39, 0.29) is 5.41 Å². The highest BCUT2D eigenvalue weighted by Crippen LogP contribution is 2.52. The molecule has 13 aromatic rings. The molecule has 3 nitrogen and oxygen atoms in total. The summed E-state index contributed by atoms with van der Waals surface area (Å²) in [7, 11) is -2.28. The number of rotatable bonds is 7. The highest BCUT2D eigenvalue weighted by atomic mass is 28.3. The minimum Gasteiger partial charge on any atom is -0.454 e. The van der Waals surface area contributed by atoms with E-state index < -0.39 is 8.07 Å². The predicted molar refractivity (Wildman–Crippen MR) is 321 cm³/mol. The number of anilines is 6. The summed E-state index contributed by atoms with van der Waals surface area (Å²) in [6.45, 7) is 9.86. The minimum atomic E-state index is -2.28. The van der Waals surface area contributed by atoms with Crippen molar-refractivity contribution in [2.24, 2.45) is 0 Å². The van der Waals surface area contributed by atoms with Gasteiger partial charge in [0.05, 0.1) is 5.69 Å². The summed E-state index contributed by atoms with van der Waals surface area (Å²) >= 11 is 0. The lowest BCUT2D eigenvalue weighted by Gasteiger charge is -2.36. The van der Waals surface area contributed by atoms with Crippen molar-refractivity contribution in [1.29, 1.82) is 0 Å². The van der Waals surface area contributed by atoms with Crippen LogP contribution in [0.5, 0.6) is 0 Å².